The molecule has 120 valence electrons. The highest BCUT2D eigenvalue weighted by molar-refractivity contribution is 5.73. The van der Waals surface area contributed by atoms with E-state index in [1.165, 1.54) is 6.33 Å². The summed E-state index contributed by atoms with van der Waals surface area (Å²) in [5.41, 5.74) is 9.33. The van der Waals surface area contributed by atoms with Crippen LogP contribution < -0.4 is 5.73 Å². The van der Waals surface area contributed by atoms with Crippen LogP contribution in [0.4, 0.5) is 0 Å². The van der Waals surface area contributed by atoms with Gasteiger partial charge in [-0.2, -0.15) is 0 Å². The summed E-state index contributed by atoms with van der Waals surface area (Å²) in [7, 11) is 0. The minimum Gasteiger partial charge on any atom is -0.480 e. The van der Waals surface area contributed by atoms with Crippen molar-refractivity contribution >= 4 is 5.97 Å². The normalized spacial score (nSPS) is 11.9. The number of aromatic nitrogens is 4. The predicted octanol–water partition coefficient (Wildman–Crippen LogP) is 1.56. The lowest BCUT2D eigenvalue weighted by atomic mass is 10.00. The fraction of sp³-hybridized carbons (Fsp3) is 0.118. The zero-order valence-corrected chi connectivity index (χ0v) is 12.7. The van der Waals surface area contributed by atoms with Crippen LogP contribution in [-0.4, -0.2) is 37.5 Å². The van der Waals surface area contributed by atoms with Gasteiger partial charge in [0.15, 0.2) is 6.33 Å². The number of nitrogens with two attached hydrogens (primary N) is 1. The Hall–Kier alpha value is -3.19. The lowest BCUT2D eigenvalue weighted by molar-refractivity contribution is -0.138. The summed E-state index contributed by atoms with van der Waals surface area (Å²) >= 11 is 0. The number of hydrogen-bond donors (Lipinski definition) is 2. The van der Waals surface area contributed by atoms with Crippen molar-refractivity contribution in [2.75, 3.05) is 0 Å². The molecule has 0 fully saturated rings. The Morgan fingerprint density at radius 1 is 0.917 bits per heavy atom. The van der Waals surface area contributed by atoms with Crippen LogP contribution in [0.15, 0.2) is 54.9 Å². The van der Waals surface area contributed by atoms with Crippen molar-refractivity contribution in [2.45, 2.75) is 12.5 Å². The number of benzene rings is 2. The first kappa shape index (κ1) is 15.7. The predicted molar refractivity (Wildman–Crippen MR) is 87.8 cm³/mol. The van der Waals surface area contributed by atoms with Gasteiger partial charge in [-0.3, -0.25) is 4.79 Å². The maximum atomic E-state index is 10.8. The van der Waals surface area contributed by atoms with Crippen molar-refractivity contribution in [3.05, 3.63) is 60.4 Å². The Kier molecular flexibility index (Phi) is 4.53. The van der Waals surface area contributed by atoms with Crippen LogP contribution in [0.2, 0.25) is 0 Å². The number of hydrogen-bond acceptors (Lipinski definition) is 6. The van der Waals surface area contributed by atoms with Crippen LogP contribution in [0.1, 0.15) is 5.56 Å². The Bertz CT molecular complexity index is 820. The van der Waals surface area contributed by atoms with Crippen LogP contribution in [0, 0.1) is 0 Å². The fourth-order valence-corrected chi connectivity index (χ4v) is 2.31. The largest absolute Gasteiger partial charge is 0.480 e. The third-order valence-corrected chi connectivity index (χ3v) is 3.61. The second-order valence-electron chi connectivity index (χ2n) is 5.29. The SMILES string of the molecule is NC(Cc1ccc(-c2ccc(-c3nncnn3)cc2)cc1)C(=O)O. The molecule has 7 heteroatoms. The summed E-state index contributed by atoms with van der Waals surface area (Å²) in [6.45, 7) is 0. The van der Waals surface area contributed by atoms with Crippen molar-refractivity contribution in [2.24, 2.45) is 5.73 Å². The highest BCUT2D eigenvalue weighted by Gasteiger charge is 2.12. The van der Waals surface area contributed by atoms with Gasteiger partial charge >= 0.3 is 5.97 Å². The molecule has 24 heavy (non-hydrogen) atoms. The molecule has 0 aliphatic heterocycles. The van der Waals surface area contributed by atoms with Crippen molar-refractivity contribution in [3.63, 3.8) is 0 Å². The summed E-state index contributed by atoms with van der Waals surface area (Å²) in [5, 5.41) is 24.1. The Balaban J connectivity index is 1.76. The van der Waals surface area contributed by atoms with E-state index in [-0.39, 0.29) is 0 Å². The van der Waals surface area contributed by atoms with Crippen molar-refractivity contribution < 1.29 is 9.90 Å². The summed E-state index contributed by atoms with van der Waals surface area (Å²) < 4.78 is 0. The van der Waals surface area contributed by atoms with Gasteiger partial charge in [0, 0.05) is 5.56 Å². The molecule has 1 atom stereocenters. The van der Waals surface area contributed by atoms with Gasteiger partial charge in [0.05, 0.1) is 0 Å². The van der Waals surface area contributed by atoms with Gasteiger partial charge in [-0.15, -0.1) is 20.4 Å². The van der Waals surface area contributed by atoms with Crippen LogP contribution in [-0.2, 0) is 11.2 Å². The summed E-state index contributed by atoms with van der Waals surface area (Å²) in [6.07, 6.45) is 1.59. The molecule has 0 radical (unpaired) electrons. The molecule has 2 aromatic carbocycles. The monoisotopic (exact) mass is 321 g/mol. The van der Waals surface area contributed by atoms with Crippen molar-refractivity contribution in [3.8, 4) is 22.5 Å². The molecule has 3 N–H and O–H groups in total. The highest BCUT2D eigenvalue weighted by atomic mass is 16.4. The quantitative estimate of drug-likeness (QED) is 0.732. The van der Waals surface area contributed by atoms with Crippen LogP contribution in [0.3, 0.4) is 0 Å². The molecule has 0 saturated carbocycles. The lowest BCUT2D eigenvalue weighted by Gasteiger charge is -2.08. The molecule has 1 aromatic heterocycles. The second-order valence-corrected chi connectivity index (χ2v) is 5.29. The van der Waals surface area contributed by atoms with E-state index in [9.17, 15) is 4.79 Å². The van der Waals surface area contributed by atoms with E-state index >= 15 is 0 Å². The van der Waals surface area contributed by atoms with E-state index in [1.54, 1.807) is 0 Å². The minimum atomic E-state index is -0.998. The smallest absolute Gasteiger partial charge is 0.320 e. The van der Waals surface area contributed by atoms with Crippen molar-refractivity contribution in [1.29, 1.82) is 0 Å². The molecule has 1 unspecified atom stereocenters. The van der Waals surface area contributed by atoms with Gasteiger partial charge in [0.1, 0.15) is 6.04 Å². The third kappa shape index (κ3) is 3.58. The molecular formula is C17H15N5O2. The number of nitrogens with zero attached hydrogens (tertiary/aromatic N) is 4. The maximum Gasteiger partial charge on any atom is 0.320 e. The van der Waals surface area contributed by atoms with Gasteiger partial charge < -0.3 is 10.8 Å². The van der Waals surface area contributed by atoms with Gasteiger partial charge in [-0.25, -0.2) is 0 Å². The molecule has 7 nitrogen and oxygen atoms in total. The number of carbonyl (C=O) groups is 1. The Labute approximate surface area is 138 Å². The van der Waals surface area contributed by atoms with E-state index in [0.717, 1.165) is 22.3 Å². The molecule has 0 aliphatic carbocycles. The minimum absolute atomic E-state index is 0.305. The maximum absolute atomic E-state index is 10.8. The van der Waals surface area contributed by atoms with Crippen LogP contribution >= 0.6 is 0 Å². The van der Waals surface area contributed by atoms with Crippen LogP contribution in [0.5, 0.6) is 0 Å². The third-order valence-electron chi connectivity index (χ3n) is 3.61. The first-order valence-corrected chi connectivity index (χ1v) is 7.32. The Morgan fingerprint density at radius 3 is 1.96 bits per heavy atom. The molecule has 0 saturated heterocycles. The average Bonchev–Trinajstić information content (AvgIpc) is 2.63. The number of rotatable bonds is 5. The number of carboxylic acids is 1. The summed E-state index contributed by atoms with van der Waals surface area (Å²) in [5.74, 6) is -0.524. The van der Waals surface area contributed by atoms with E-state index < -0.39 is 12.0 Å². The molecule has 0 bridgehead atoms. The van der Waals surface area contributed by atoms with E-state index in [2.05, 4.69) is 20.4 Å². The van der Waals surface area contributed by atoms with Gasteiger partial charge in [-0.1, -0.05) is 48.5 Å². The molecule has 3 rings (SSSR count). The summed E-state index contributed by atoms with van der Waals surface area (Å²) in [6, 6.07) is 14.5. The molecular weight excluding hydrogens is 306 g/mol. The van der Waals surface area contributed by atoms with E-state index in [0.29, 0.717) is 12.2 Å². The van der Waals surface area contributed by atoms with Gasteiger partial charge in [-0.05, 0) is 23.1 Å². The van der Waals surface area contributed by atoms with Gasteiger partial charge in [0.2, 0.25) is 5.82 Å². The van der Waals surface area contributed by atoms with Crippen LogP contribution in [0.25, 0.3) is 22.5 Å². The first-order chi connectivity index (χ1) is 11.6. The highest BCUT2D eigenvalue weighted by Crippen LogP contribution is 2.23. The zero-order valence-electron chi connectivity index (χ0n) is 12.7. The first-order valence-electron chi connectivity index (χ1n) is 7.32. The summed E-state index contributed by atoms with van der Waals surface area (Å²) in [4.78, 5) is 10.8. The number of aliphatic carboxylic acids is 1. The Morgan fingerprint density at radius 2 is 1.42 bits per heavy atom. The molecule has 3 aromatic rings. The standard InChI is InChI=1S/C17H15N5O2/c18-15(17(23)24)9-11-1-3-12(4-2-11)13-5-7-14(8-6-13)16-21-19-10-20-22-16/h1-8,10,15H,9,18H2,(H,23,24). The molecule has 0 aliphatic rings. The molecule has 0 spiro atoms. The van der Waals surface area contributed by atoms with E-state index in [4.69, 9.17) is 10.8 Å². The van der Waals surface area contributed by atoms with Crippen molar-refractivity contribution in [1.82, 2.24) is 20.4 Å². The second kappa shape index (κ2) is 6.93. The molecule has 0 amide bonds. The average molecular weight is 321 g/mol. The number of carboxylic acid groups (broad SMARTS) is 1. The zero-order chi connectivity index (χ0) is 16.9. The lowest BCUT2D eigenvalue weighted by Crippen LogP contribution is -2.32. The topological polar surface area (TPSA) is 115 Å². The molecule has 1 heterocycles. The fourth-order valence-electron chi connectivity index (χ4n) is 2.31. The van der Waals surface area contributed by atoms with Gasteiger partial charge in [0.25, 0.3) is 0 Å². The van der Waals surface area contributed by atoms with E-state index in [1.807, 2.05) is 48.5 Å².